The Morgan fingerprint density at radius 3 is 2.24 bits per heavy atom. The Kier molecular flexibility index (Phi) is 4.30. The molecular formula is C16H25N5. The second-order valence-electron chi connectivity index (χ2n) is 5.75. The summed E-state index contributed by atoms with van der Waals surface area (Å²) in [6, 6.07) is 0. The third-order valence-electron chi connectivity index (χ3n) is 3.79. The molecule has 2 rings (SSSR count). The van der Waals surface area contributed by atoms with Gasteiger partial charge in [-0.2, -0.15) is 5.10 Å². The molecule has 0 radical (unpaired) electrons. The first-order chi connectivity index (χ1) is 9.86. The molecule has 0 unspecified atom stereocenters. The highest BCUT2D eigenvalue weighted by molar-refractivity contribution is 5.64. The van der Waals surface area contributed by atoms with E-state index in [9.17, 15) is 0 Å². The first-order valence-corrected chi connectivity index (χ1v) is 7.49. The number of nitrogens with zero attached hydrogens (tertiary/aromatic N) is 4. The summed E-state index contributed by atoms with van der Waals surface area (Å²) in [6.07, 6.45) is 0. The van der Waals surface area contributed by atoms with Gasteiger partial charge in [-0.05, 0) is 33.6 Å². The lowest BCUT2D eigenvalue weighted by Crippen LogP contribution is -2.10. The van der Waals surface area contributed by atoms with E-state index in [0.29, 0.717) is 5.92 Å². The zero-order valence-corrected chi connectivity index (χ0v) is 14.1. The smallest absolute Gasteiger partial charge is 0.165 e. The van der Waals surface area contributed by atoms with Gasteiger partial charge in [0.1, 0.15) is 5.82 Å². The van der Waals surface area contributed by atoms with E-state index in [4.69, 9.17) is 9.97 Å². The zero-order chi connectivity index (χ0) is 15.7. The topological polar surface area (TPSA) is 55.6 Å². The number of aromatic nitrogens is 4. The Labute approximate surface area is 126 Å². The fourth-order valence-electron chi connectivity index (χ4n) is 2.78. The predicted octanol–water partition coefficient (Wildman–Crippen LogP) is 3.36. The quantitative estimate of drug-likeness (QED) is 0.937. The van der Waals surface area contributed by atoms with Gasteiger partial charge in [0.25, 0.3) is 0 Å². The lowest BCUT2D eigenvalue weighted by molar-refractivity contribution is 0.731. The highest BCUT2D eigenvalue weighted by Gasteiger charge is 2.19. The molecule has 0 aliphatic heterocycles. The fourth-order valence-corrected chi connectivity index (χ4v) is 2.78. The standard InChI is InChI=1S/C16H25N5/c1-8-17-15-13(9(2)3)10(4)18-16(19-15)14-11(5)20-21(7)12(14)6/h9H,8H2,1-7H3,(H,17,18,19). The molecule has 0 spiro atoms. The van der Waals surface area contributed by atoms with Gasteiger partial charge in [0.05, 0.1) is 11.3 Å². The van der Waals surface area contributed by atoms with Gasteiger partial charge < -0.3 is 5.32 Å². The maximum absolute atomic E-state index is 4.77. The molecule has 2 aromatic rings. The molecule has 0 amide bonds. The minimum absolute atomic E-state index is 0.393. The second kappa shape index (κ2) is 5.84. The Balaban J connectivity index is 2.66. The van der Waals surface area contributed by atoms with Gasteiger partial charge in [-0.1, -0.05) is 13.8 Å². The highest BCUT2D eigenvalue weighted by atomic mass is 15.3. The summed E-state index contributed by atoms with van der Waals surface area (Å²) in [7, 11) is 1.95. The van der Waals surface area contributed by atoms with Crippen LogP contribution in [-0.2, 0) is 7.05 Å². The molecule has 5 heteroatoms. The molecule has 0 saturated heterocycles. The molecule has 0 fully saturated rings. The molecule has 2 aromatic heterocycles. The minimum atomic E-state index is 0.393. The minimum Gasteiger partial charge on any atom is -0.370 e. The van der Waals surface area contributed by atoms with Gasteiger partial charge >= 0.3 is 0 Å². The van der Waals surface area contributed by atoms with Crippen molar-refractivity contribution in [1.82, 2.24) is 19.7 Å². The third kappa shape index (κ3) is 2.77. The predicted molar refractivity (Wildman–Crippen MR) is 86.7 cm³/mol. The van der Waals surface area contributed by atoms with Gasteiger partial charge in [0, 0.05) is 30.5 Å². The van der Waals surface area contributed by atoms with Crippen LogP contribution in [0.25, 0.3) is 11.4 Å². The fraction of sp³-hybridized carbons (Fsp3) is 0.562. The van der Waals surface area contributed by atoms with Crippen LogP contribution >= 0.6 is 0 Å². The maximum Gasteiger partial charge on any atom is 0.165 e. The lowest BCUT2D eigenvalue weighted by Gasteiger charge is -2.16. The van der Waals surface area contributed by atoms with Crippen LogP contribution in [0, 0.1) is 20.8 Å². The summed E-state index contributed by atoms with van der Waals surface area (Å²) >= 11 is 0. The molecule has 0 bridgehead atoms. The normalized spacial score (nSPS) is 11.2. The summed E-state index contributed by atoms with van der Waals surface area (Å²) in [6.45, 7) is 13.4. The average molecular weight is 287 g/mol. The molecule has 0 atom stereocenters. The number of aryl methyl sites for hydroxylation is 3. The summed E-state index contributed by atoms with van der Waals surface area (Å²) in [5.74, 6) is 2.10. The number of nitrogens with one attached hydrogen (secondary N) is 1. The third-order valence-corrected chi connectivity index (χ3v) is 3.79. The number of hydrogen-bond donors (Lipinski definition) is 1. The summed E-state index contributed by atoms with van der Waals surface area (Å²) in [4.78, 5) is 9.51. The molecule has 21 heavy (non-hydrogen) atoms. The number of rotatable bonds is 4. The van der Waals surface area contributed by atoms with Crippen molar-refractivity contribution in [3.63, 3.8) is 0 Å². The molecule has 0 aliphatic carbocycles. The maximum atomic E-state index is 4.77. The first-order valence-electron chi connectivity index (χ1n) is 7.49. The van der Waals surface area contributed by atoms with Crippen LogP contribution in [0.1, 0.15) is 49.3 Å². The average Bonchev–Trinajstić information content (AvgIpc) is 2.62. The van der Waals surface area contributed by atoms with E-state index in [1.807, 2.05) is 18.7 Å². The lowest BCUT2D eigenvalue weighted by atomic mass is 10.0. The van der Waals surface area contributed by atoms with E-state index in [0.717, 1.165) is 40.8 Å². The van der Waals surface area contributed by atoms with Gasteiger partial charge in [-0.15, -0.1) is 0 Å². The molecule has 0 aromatic carbocycles. The number of hydrogen-bond acceptors (Lipinski definition) is 4. The molecular weight excluding hydrogens is 262 g/mol. The highest BCUT2D eigenvalue weighted by Crippen LogP contribution is 2.30. The van der Waals surface area contributed by atoms with Crippen LogP contribution in [0.5, 0.6) is 0 Å². The van der Waals surface area contributed by atoms with Gasteiger partial charge in [0.2, 0.25) is 0 Å². The van der Waals surface area contributed by atoms with Crippen LogP contribution in [0.4, 0.5) is 5.82 Å². The van der Waals surface area contributed by atoms with Crippen molar-refractivity contribution in [1.29, 1.82) is 0 Å². The van der Waals surface area contributed by atoms with E-state index in [1.165, 1.54) is 5.56 Å². The van der Waals surface area contributed by atoms with Crippen molar-refractivity contribution in [2.75, 3.05) is 11.9 Å². The summed E-state index contributed by atoms with van der Waals surface area (Å²) in [5.41, 5.74) is 5.32. The summed E-state index contributed by atoms with van der Waals surface area (Å²) in [5, 5.41) is 7.84. The Morgan fingerprint density at radius 1 is 1.10 bits per heavy atom. The molecule has 114 valence electrons. The van der Waals surface area contributed by atoms with E-state index in [1.54, 1.807) is 0 Å². The Morgan fingerprint density at radius 2 is 1.76 bits per heavy atom. The van der Waals surface area contributed by atoms with Crippen LogP contribution in [0.15, 0.2) is 0 Å². The van der Waals surface area contributed by atoms with Gasteiger partial charge in [0.15, 0.2) is 5.82 Å². The molecule has 2 heterocycles. The van der Waals surface area contributed by atoms with Crippen molar-refractivity contribution in [2.24, 2.45) is 7.05 Å². The number of anilines is 1. The van der Waals surface area contributed by atoms with Crippen molar-refractivity contribution in [3.05, 3.63) is 22.6 Å². The Hall–Kier alpha value is -1.91. The van der Waals surface area contributed by atoms with E-state index < -0.39 is 0 Å². The second-order valence-corrected chi connectivity index (χ2v) is 5.75. The van der Waals surface area contributed by atoms with Gasteiger partial charge in [-0.3, -0.25) is 4.68 Å². The van der Waals surface area contributed by atoms with Crippen LogP contribution in [-0.4, -0.2) is 26.3 Å². The van der Waals surface area contributed by atoms with E-state index in [-0.39, 0.29) is 0 Å². The SMILES string of the molecule is CCNc1nc(-c2c(C)nn(C)c2C)nc(C)c1C(C)C. The van der Waals surface area contributed by atoms with Gasteiger partial charge in [-0.25, -0.2) is 9.97 Å². The molecule has 0 saturated carbocycles. The van der Waals surface area contributed by atoms with E-state index >= 15 is 0 Å². The Bertz CT molecular complexity index is 655. The van der Waals surface area contributed by atoms with Crippen LogP contribution in [0.3, 0.4) is 0 Å². The van der Waals surface area contributed by atoms with Crippen molar-refractivity contribution < 1.29 is 0 Å². The van der Waals surface area contributed by atoms with E-state index in [2.05, 4.69) is 45.0 Å². The van der Waals surface area contributed by atoms with Crippen molar-refractivity contribution in [3.8, 4) is 11.4 Å². The molecule has 1 N–H and O–H groups in total. The molecule has 5 nitrogen and oxygen atoms in total. The first kappa shape index (κ1) is 15.5. The van der Waals surface area contributed by atoms with Crippen molar-refractivity contribution >= 4 is 5.82 Å². The van der Waals surface area contributed by atoms with Crippen LogP contribution < -0.4 is 5.32 Å². The van der Waals surface area contributed by atoms with Crippen LogP contribution in [0.2, 0.25) is 0 Å². The van der Waals surface area contributed by atoms with Crippen molar-refractivity contribution in [2.45, 2.75) is 47.5 Å². The summed E-state index contributed by atoms with van der Waals surface area (Å²) < 4.78 is 1.88. The molecule has 0 aliphatic rings. The zero-order valence-electron chi connectivity index (χ0n) is 14.1. The largest absolute Gasteiger partial charge is 0.370 e. The monoisotopic (exact) mass is 287 g/mol.